The molecule has 0 unspecified atom stereocenters. The molecule has 0 amide bonds. The minimum atomic E-state index is 0.483. The molecule has 1 saturated heterocycles. The van der Waals surface area contributed by atoms with Crippen molar-refractivity contribution in [3.63, 3.8) is 0 Å². The standard InChI is InChI=1S/C22H35N7O2/c1-19-26-27-21(28(19)2)18-25-22(23-10-6-12-29-13-16-30-17-14-29)24-11-7-15-31-20-8-4-3-5-9-20/h3-5,8-9H,6-7,10-18H2,1-2H3,(H2,23,24,25). The minimum absolute atomic E-state index is 0.483. The van der Waals surface area contributed by atoms with Crippen LogP contribution < -0.4 is 15.4 Å². The van der Waals surface area contributed by atoms with Gasteiger partial charge in [-0.15, -0.1) is 10.2 Å². The molecule has 1 fully saturated rings. The van der Waals surface area contributed by atoms with Crippen LogP contribution in [0.5, 0.6) is 5.75 Å². The van der Waals surface area contributed by atoms with E-state index in [0.29, 0.717) is 13.2 Å². The number of benzene rings is 1. The number of aliphatic imine (C=N–C) groups is 1. The van der Waals surface area contributed by atoms with Crippen LogP contribution in [0.4, 0.5) is 0 Å². The molecular weight excluding hydrogens is 394 g/mol. The molecule has 0 bridgehead atoms. The van der Waals surface area contributed by atoms with E-state index in [1.54, 1.807) is 0 Å². The largest absolute Gasteiger partial charge is 0.494 e. The van der Waals surface area contributed by atoms with E-state index in [1.807, 2.05) is 48.9 Å². The summed E-state index contributed by atoms with van der Waals surface area (Å²) >= 11 is 0. The molecule has 2 aromatic rings. The van der Waals surface area contributed by atoms with Crippen LogP contribution in [0.1, 0.15) is 24.5 Å². The zero-order chi connectivity index (χ0) is 21.7. The van der Waals surface area contributed by atoms with Gasteiger partial charge in [0.1, 0.15) is 18.1 Å². The Balaban J connectivity index is 1.42. The van der Waals surface area contributed by atoms with Gasteiger partial charge in [0.25, 0.3) is 0 Å². The number of morpholine rings is 1. The predicted octanol–water partition coefficient (Wildman–Crippen LogP) is 1.35. The Hall–Kier alpha value is -2.65. The minimum Gasteiger partial charge on any atom is -0.494 e. The second-order valence-corrected chi connectivity index (χ2v) is 7.56. The molecule has 9 heteroatoms. The van der Waals surface area contributed by atoms with Gasteiger partial charge in [-0.3, -0.25) is 4.90 Å². The molecule has 0 radical (unpaired) electrons. The van der Waals surface area contributed by atoms with Gasteiger partial charge < -0.3 is 24.7 Å². The quantitative estimate of drug-likeness (QED) is 0.317. The van der Waals surface area contributed by atoms with E-state index in [4.69, 9.17) is 14.5 Å². The first-order valence-corrected chi connectivity index (χ1v) is 11.1. The van der Waals surface area contributed by atoms with E-state index in [1.165, 1.54) is 0 Å². The summed E-state index contributed by atoms with van der Waals surface area (Å²) in [6, 6.07) is 9.89. The van der Waals surface area contributed by atoms with Crippen molar-refractivity contribution < 1.29 is 9.47 Å². The molecule has 0 aliphatic carbocycles. The third-order valence-corrected chi connectivity index (χ3v) is 5.23. The maximum Gasteiger partial charge on any atom is 0.191 e. The molecule has 1 aromatic heterocycles. The molecule has 1 aliphatic rings. The van der Waals surface area contributed by atoms with Gasteiger partial charge in [0, 0.05) is 33.2 Å². The van der Waals surface area contributed by atoms with Crippen LogP contribution in [0.3, 0.4) is 0 Å². The molecule has 0 atom stereocenters. The van der Waals surface area contributed by atoms with E-state index in [0.717, 1.165) is 82.1 Å². The molecule has 2 N–H and O–H groups in total. The molecular formula is C22H35N7O2. The van der Waals surface area contributed by atoms with Crippen LogP contribution in [-0.2, 0) is 18.3 Å². The lowest BCUT2D eigenvalue weighted by molar-refractivity contribution is 0.0376. The molecule has 2 heterocycles. The molecule has 0 saturated carbocycles. The Morgan fingerprint density at radius 3 is 2.55 bits per heavy atom. The fourth-order valence-corrected chi connectivity index (χ4v) is 3.23. The van der Waals surface area contributed by atoms with Gasteiger partial charge in [0.2, 0.25) is 0 Å². The highest BCUT2D eigenvalue weighted by atomic mass is 16.5. The smallest absolute Gasteiger partial charge is 0.191 e. The average Bonchev–Trinajstić information content (AvgIpc) is 3.13. The molecule has 170 valence electrons. The average molecular weight is 430 g/mol. The van der Waals surface area contributed by atoms with Gasteiger partial charge in [0.15, 0.2) is 11.8 Å². The number of hydrogen-bond donors (Lipinski definition) is 2. The number of ether oxygens (including phenoxy) is 2. The Bertz CT molecular complexity index is 788. The molecule has 0 spiro atoms. The van der Waals surface area contributed by atoms with E-state index in [9.17, 15) is 0 Å². The number of guanidine groups is 1. The lowest BCUT2D eigenvalue weighted by Crippen LogP contribution is -2.41. The zero-order valence-electron chi connectivity index (χ0n) is 18.7. The van der Waals surface area contributed by atoms with Crippen LogP contribution in [0.15, 0.2) is 35.3 Å². The summed E-state index contributed by atoms with van der Waals surface area (Å²) in [6.45, 7) is 9.50. The first-order chi connectivity index (χ1) is 15.2. The number of nitrogens with one attached hydrogen (secondary N) is 2. The fraction of sp³-hybridized carbons (Fsp3) is 0.591. The first-order valence-electron chi connectivity index (χ1n) is 11.1. The Morgan fingerprint density at radius 1 is 1.10 bits per heavy atom. The summed E-state index contributed by atoms with van der Waals surface area (Å²) < 4.78 is 13.1. The molecule has 1 aromatic carbocycles. The maximum atomic E-state index is 5.76. The van der Waals surface area contributed by atoms with Crippen LogP contribution >= 0.6 is 0 Å². The van der Waals surface area contributed by atoms with Crippen LogP contribution in [0.25, 0.3) is 0 Å². The highest BCUT2D eigenvalue weighted by Crippen LogP contribution is 2.08. The van der Waals surface area contributed by atoms with Crippen molar-refractivity contribution >= 4 is 5.96 Å². The second kappa shape index (κ2) is 12.9. The lowest BCUT2D eigenvalue weighted by atomic mass is 10.3. The number of nitrogens with zero attached hydrogens (tertiary/aromatic N) is 5. The predicted molar refractivity (Wildman–Crippen MR) is 121 cm³/mol. The van der Waals surface area contributed by atoms with Crippen LogP contribution in [0, 0.1) is 6.92 Å². The van der Waals surface area contributed by atoms with Gasteiger partial charge in [-0.1, -0.05) is 18.2 Å². The van der Waals surface area contributed by atoms with Crippen LogP contribution in [-0.4, -0.2) is 78.2 Å². The van der Waals surface area contributed by atoms with Gasteiger partial charge in [0.05, 0.1) is 19.8 Å². The number of aryl methyl sites for hydroxylation is 1. The summed E-state index contributed by atoms with van der Waals surface area (Å²) in [5, 5.41) is 15.2. The van der Waals surface area contributed by atoms with E-state index >= 15 is 0 Å². The van der Waals surface area contributed by atoms with Crippen molar-refractivity contribution in [2.75, 3.05) is 52.5 Å². The number of aromatic nitrogens is 3. The molecule has 1 aliphatic heterocycles. The first kappa shape index (κ1) is 23.0. The van der Waals surface area contributed by atoms with Crippen molar-refractivity contribution in [3.8, 4) is 5.75 Å². The van der Waals surface area contributed by atoms with E-state index in [-0.39, 0.29) is 0 Å². The summed E-state index contributed by atoms with van der Waals surface area (Å²) in [5.74, 6) is 3.42. The monoisotopic (exact) mass is 429 g/mol. The van der Waals surface area contributed by atoms with Gasteiger partial charge >= 0.3 is 0 Å². The summed E-state index contributed by atoms with van der Waals surface area (Å²) in [7, 11) is 1.96. The summed E-state index contributed by atoms with van der Waals surface area (Å²) in [6.07, 6.45) is 1.94. The summed E-state index contributed by atoms with van der Waals surface area (Å²) in [4.78, 5) is 7.15. The molecule has 31 heavy (non-hydrogen) atoms. The normalized spacial score (nSPS) is 15.1. The third kappa shape index (κ3) is 8.18. The van der Waals surface area contributed by atoms with Crippen molar-refractivity contribution in [3.05, 3.63) is 42.0 Å². The van der Waals surface area contributed by atoms with Crippen molar-refractivity contribution in [1.29, 1.82) is 0 Å². The van der Waals surface area contributed by atoms with Crippen LogP contribution in [0.2, 0.25) is 0 Å². The van der Waals surface area contributed by atoms with Gasteiger partial charge in [-0.05, 0) is 38.4 Å². The number of hydrogen-bond acceptors (Lipinski definition) is 6. The number of para-hydroxylation sites is 1. The Labute approximate surface area is 184 Å². The highest BCUT2D eigenvalue weighted by Gasteiger charge is 2.10. The highest BCUT2D eigenvalue weighted by molar-refractivity contribution is 5.79. The number of rotatable bonds is 11. The van der Waals surface area contributed by atoms with E-state index < -0.39 is 0 Å². The SMILES string of the molecule is Cc1nnc(CN=C(NCCCOc2ccccc2)NCCCN2CCOCC2)n1C. The zero-order valence-corrected chi connectivity index (χ0v) is 18.7. The second-order valence-electron chi connectivity index (χ2n) is 7.56. The van der Waals surface area contributed by atoms with Gasteiger partial charge in [-0.2, -0.15) is 0 Å². The van der Waals surface area contributed by atoms with E-state index in [2.05, 4.69) is 25.7 Å². The van der Waals surface area contributed by atoms with Gasteiger partial charge in [-0.25, -0.2) is 4.99 Å². The molecule has 9 nitrogen and oxygen atoms in total. The van der Waals surface area contributed by atoms with Crippen molar-refractivity contribution in [1.82, 2.24) is 30.3 Å². The molecule has 3 rings (SSSR count). The topological polar surface area (TPSA) is 88.8 Å². The lowest BCUT2D eigenvalue weighted by Gasteiger charge is -2.26. The van der Waals surface area contributed by atoms with Crippen molar-refractivity contribution in [2.45, 2.75) is 26.3 Å². The van der Waals surface area contributed by atoms with Crippen molar-refractivity contribution in [2.24, 2.45) is 12.0 Å². The third-order valence-electron chi connectivity index (χ3n) is 5.23. The Morgan fingerprint density at radius 2 is 1.84 bits per heavy atom. The fourth-order valence-electron chi connectivity index (χ4n) is 3.23. The maximum absolute atomic E-state index is 5.76. The Kier molecular flexibility index (Phi) is 9.59. The summed E-state index contributed by atoms with van der Waals surface area (Å²) in [5.41, 5.74) is 0.